The Hall–Kier alpha value is -1.47. The second kappa shape index (κ2) is 6.75. The Labute approximate surface area is 130 Å². The van der Waals surface area contributed by atoms with Gasteiger partial charge in [-0.3, -0.25) is 4.79 Å². The molecule has 0 aromatic heterocycles. The summed E-state index contributed by atoms with van der Waals surface area (Å²) in [5, 5.41) is 2.58. The van der Waals surface area contributed by atoms with Gasteiger partial charge in [0.1, 0.15) is 10.7 Å². The zero-order valence-corrected chi connectivity index (χ0v) is 13.6. The third-order valence-corrected chi connectivity index (χ3v) is 5.80. The van der Waals surface area contributed by atoms with E-state index in [9.17, 15) is 17.6 Å². The van der Waals surface area contributed by atoms with E-state index in [-0.39, 0.29) is 5.56 Å². The van der Waals surface area contributed by atoms with Crippen LogP contribution in [0.3, 0.4) is 0 Å². The molecule has 1 fully saturated rings. The van der Waals surface area contributed by atoms with Crippen LogP contribution < -0.4 is 5.32 Å². The molecule has 1 heterocycles. The van der Waals surface area contributed by atoms with E-state index < -0.39 is 26.6 Å². The van der Waals surface area contributed by atoms with Crippen LogP contribution in [0.2, 0.25) is 0 Å². The van der Waals surface area contributed by atoms with E-state index in [1.54, 1.807) is 6.92 Å². The molecular weight excluding hydrogens is 307 g/mol. The molecule has 122 valence electrons. The van der Waals surface area contributed by atoms with E-state index in [0.29, 0.717) is 25.6 Å². The Bertz CT molecular complexity index is 653. The molecule has 0 radical (unpaired) electrons. The number of amides is 1. The van der Waals surface area contributed by atoms with Crippen LogP contribution in [0.1, 0.15) is 37.0 Å². The maximum Gasteiger partial charge on any atom is 0.251 e. The number of sulfonamides is 1. The van der Waals surface area contributed by atoms with Crippen molar-refractivity contribution < 1.29 is 17.6 Å². The molecule has 0 spiro atoms. The molecule has 1 amide bonds. The number of hydrogen-bond donors (Lipinski definition) is 1. The molecule has 1 N–H and O–H groups in total. The van der Waals surface area contributed by atoms with Gasteiger partial charge in [-0.15, -0.1) is 0 Å². The fourth-order valence-electron chi connectivity index (χ4n) is 2.47. The predicted octanol–water partition coefficient (Wildman–Crippen LogP) is 2.00. The fraction of sp³-hybridized carbons (Fsp3) is 0.533. The summed E-state index contributed by atoms with van der Waals surface area (Å²) in [6.45, 7) is 5.01. The molecular formula is C15H21FN2O3S. The SMILES string of the molecule is CCNC(=O)c1ccc(F)c(S(=O)(=O)N2CCC(C)CC2)c1. The Morgan fingerprint density at radius 3 is 2.59 bits per heavy atom. The van der Waals surface area contributed by atoms with Crippen LogP contribution in [0.4, 0.5) is 4.39 Å². The molecule has 0 saturated carbocycles. The van der Waals surface area contributed by atoms with Gasteiger partial charge in [-0.2, -0.15) is 4.31 Å². The van der Waals surface area contributed by atoms with Gasteiger partial charge >= 0.3 is 0 Å². The summed E-state index contributed by atoms with van der Waals surface area (Å²) in [5.74, 6) is -0.768. The predicted molar refractivity (Wildman–Crippen MR) is 81.6 cm³/mol. The van der Waals surface area contributed by atoms with Gasteiger partial charge in [0.25, 0.3) is 5.91 Å². The van der Waals surface area contributed by atoms with Gasteiger partial charge in [-0.05, 0) is 43.9 Å². The number of carbonyl (C=O) groups is 1. The van der Waals surface area contributed by atoms with Gasteiger partial charge in [0.2, 0.25) is 10.0 Å². The van der Waals surface area contributed by atoms with Crippen LogP contribution in [0, 0.1) is 11.7 Å². The smallest absolute Gasteiger partial charge is 0.251 e. The van der Waals surface area contributed by atoms with E-state index >= 15 is 0 Å². The molecule has 0 atom stereocenters. The lowest BCUT2D eigenvalue weighted by Crippen LogP contribution is -2.38. The molecule has 7 heteroatoms. The summed E-state index contributed by atoms with van der Waals surface area (Å²) in [6.07, 6.45) is 1.52. The maximum absolute atomic E-state index is 14.0. The van der Waals surface area contributed by atoms with Crippen LogP contribution in [-0.2, 0) is 10.0 Å². The highest BCUT2D eigenvalue weighted by Crippen LogP contribution is 2.25. The van der Waals surface area contributed by atoms with Gasteiger partial charge < -0.3 is 5.32 Å². The van der Waals surface area contributed by atoms with Crippen molar-refractivity contribution in [1.29, 1.82) is 0 Å². The molecule has 0 bridgehead atoms. The molecule has 1 saturated heterocycles. The zero-order valence-electron chi connectivity index (χ0n) is 12.8. The van der Waals surface area contributed by atoms with Gasteiger partial charge in [0, 0.05) is 25.2 Å². The minimum atomic E-state index is -3.91. The third-order valence-electron chi connectivity index (χ3n) is 3.89. The van der Waals surface area contributed by atoms with Crippen molar-refractivity contribution in [3.63, 3.8) is 0 Å². The largest absolute Gasteiger partial charge is 0.352 e. The highest BCUT2D eigenvalue weighted by atomic mass is 32.2. The summed E-state index contributed by atoms with van der Waals surface area (Å²) in [5.41, 5.74) is 0.146. The van der Waals surface area contributed by atoms with Crippen LogP contribution in [-0.4, -0.2) is 38.3 Å². The number of nitrogens with zero attached hydrogens (tertiary/aromatic N) is 1. The van der Waals surface area contributed by atoms with E-state index in [2.05, 4.69) is 12.2 Å². The summed E-state index contributed by atoms with van der Waals surface area (Å²) < 4.78 is 40.5. The van der Waals surface area contributed by atoms with Crippen molar-refractivity contribution in [1.82, 2.24) is 9.62 Å². The molecule has 22 heavy (non-hydrogen) atoms. The van der Waals surface area contributed by atoms with E-state index in [0.717, 1.165) is 25.0 Å². The Morgan fingerprint density at radius 2 is 2.00 bits per heavy atom. The third kappa shape index (κ3) is 3.47. The summed E-state index contributed by atoms with van der Waals surface area (Å²) in [7, 11) is -3.91. The molecule has 1 aromatic rings. The average Bonchev–Trinajstić information content (AvgIpc) is 2.48. The Balaban J connectivity index is 2.34. The van der Waals surface area contributed by atoms with Crippen molar-refractivity contribution in [2.75, 3.05) is 19.6 Å². The highest BCUT2D eigenvalue weighted by molar-refractivity contribution is 7.89. The first-order chi connectivity index (χ1) is 10.4. The summed E-state index contributed by atoms with van der Waals surface area (Å²) in [6, 6.07) is 3.44. The molecule has 1 aromatic carbocycles. The van der Waals surface area contributed by atoms with Crippen LogP contribution in [0.25, 0.3) is 0 Å². The number of hydrogen-bond acceptors (Lipinski definition) is 3. The first-order valence-electron chi connectivity index (χ1n) is 7.44. The first kappa shape index (κ1) is 16.9. The van der Waals surface area contributed by atoms with Crippen molar-refractivity contribution in [2.24, 2.45) is 5.92 Å². The lowest BCUT2D eigenvalue weighted by atomic mass is 10.0. The van der Waals surface area contributed by atoms with Gasteiger partial charge in [-0.1, -0.05) is 6.92 Å². The van der Waals surface area contributed by atoms with Crippen LogP contribution >= 0.6 is 0 Å². The number of benzene rings is 1. The van der Waals surface area contributed by atoms with Crippen LogP contribution in [0.5, 0.6) is 0 Å². The number of piperidine rings is 1. The number of nitrogens with one attached hydrogen (secondary N) is 1. The van der Waals surface area contributed by atoms with E-state index in [4.69, 9.17) is 0 Å². The first-order valence-corrected chi connectivity index (χ1v) is 8.88. The monoisotopic (exact) mass is 328 g/mol. The minimum Gasteiger partial charge on any atom is -0.352 e. The Kier molecular flexibility index (Phi) is 5.18. The van der Waals surface area contributed by atoms with Crippen molar-refractivity contribution >= 4 is 15.9 Å². The second-order valence-corrected chi connectivity index (χ2v) is 7.50. The normalized spacial score (nSPS) is 17.4. The van der Waals surface area contributed by atoms with E-state index in [1.165, 1.54) is 10.4 Å². The molecule has 0 unspecified atom stereocenters. The number of rotatable bonds is 4. The minimum absolute atomic E-state index is 0.146. The van der Waals surface area contributed by atoms with E-state index in [1.807, 2.05) is 0 Å². The van der Waals surface area contributed by atoms with Crippen molar-refractivity contribution in [3.8, 4) is 0 Å². The summed E-state index contributed by atoms with van der Waals surface area (Å²) >= 11 is 0. The van der Waals surface area contributed by atoms with Gasteiger partial charge in [-0.25, -0.2) is 12.8 Å². The fourth-order valence-corrected chi connectivity index (χ4v) is 4.03. The molecule has 2 rings (SSSR count). The number of halogens is 1. The van der Waals surface area contributed by atoms with Gasteiger partial charge in [0.05, 0.1) is 0 Å². The maximum atomic E-state index is 14.0. The van der Waals surface area contributed by atoms with Crippen molar-refractivity contribution in [2.45, 2.75) is 31.6 Å². The molecule has 1 aliphatic heterocycles. The van der Waals surface area contributed by atoms with Crippen molar-refractivity contribution in [3.05, 3.63) is 29.6 Å². The lowest BCUT2D eigenvalue weighted by Gasteiger charge is -2.29. The van der Waals surface area contributed by atoms with Gasteiger partial charge in [0.15, 0.2) is 0 Å². The zero-order chi connectivity index (χ0) is 16.3. The average molecular weight is 328 g/mol. The van der Waals surface area contributed by atoms with Crippen LogP contribution in [0.15, 0.2) is 23.1 Å². The molecule has 1 aliphatic rings. The summed E-state index contributed by atoms with van der Waals surface area (Å²) in [4.78, 5) is 11.4. The lowest BCUT2D eigenvalue weighted by molar-refractivity contribution is 0.0955. The molecule has 0 aliphatic carbocycles. The topological polar surface area (TPSA) is 66.5 Å². The highest BCUT2D eigenvalue weighted by Gasteiger charge is 2.30. The number of carbonyl (C=O) groups excluding carboxylic acids is 1. The quantitative estimate of drug-likeness (QED) is 0.919. The Morgan fingerprint density at radius 1 is 1.36 bits per heavy atom. The standard InChI is InChI=1S/C15H21FN2O3S/c1-3-17-15(19)12-4-5-13(16)14(10-12)22(20,21)18-8-6-11(2)7-9-18/h4-5,10-11H,3,6-9H2,1-2H3,(H,17,19). The second-order valence-electron chi connectivity index (χ2n) is 5.59. The molecule has 5 nitrogen and oxygen atoms in total.